The van der Waals surface area contributed by atoms with Gasteiger partial charge in [-0.05, 0) is 45.0 Å². The number of rotatable bonds is 5. The Bertz CT molecular complexity index is 654. The summed E-state index contributed by atoms with van der Waals surface area (Å²) in [7, 11) is 0. The van der Waals surface area contributed by atoms with Crippen LogP contribution in [0.4, 0.5) is 10.5 Å². The van der Waals surface area contributed by atoms with Gasteiger partial charge in [-0.15, -0.1) is 6.42 Å². The van der Waals surface area contributed by atoms with Gasteiger partial charge in [-0.1, -0.05) is 5.92 Å². The van der Waals surface area contributed by atoms with Gasteiger partial charge < -0.3 is 21.1 Å². The van der Waals surface area contributed by atoms with Gasteiger partial charge in [0.1, 0.15) is 11.6 Å². The van der Waals surface area contributed by atoms with Gasteiger partial charge in [-0.3, -0.25) is 9.59 Å². The first kappa shape index (κ1) is 19.0. The van der Waals surface area contributed by atoms with Gasteiger partial charge in [-0.25, -0.2) is 4.79 Å². The topological polar surface area (TPSA) is 111 Å². The summed E-state index contributed by atoms with van der Waals surface area (Å²) in [5, 5.41) is 4.92. The van der Waals surface area contributed by atoms with Crippen LogP contribution in [0.25, 0.3) is 0 Å². The van der Waals surface area contributed by atoms with Gasteiger partial charge in [0.15, 0.2) is 0 Å². The monoisotopic (exact) mass is 331 g/mol. The Morgan fingerprint density at radius 3 is 2.29 bits per heavy atom. The fraction of sp³-hybridized carbons (Fsp3) is 0.353. The number of alkyl carbamates (subject to hydrolysis) is 1. The lowest BCUT2D eigenvalue weighted by atomic mass is 10.1. The smallest absolute Gasteiger partial charge is 0.408 e. The van der Waals surface area contributed by atoms with E-state index in [1.807, 2.05) is 0 Å². The zero-order chi connectivity index (χ0) is 18.3. The molecule has 7 heteroatoms. The second kappa shape index (κ2) is 8.02. The normalized spacial score (nSPS) is 11.8. The molecule has 0 aliphatic rings. The third kappa shape index (κ3) is 6.83. The van der Waals surface area contributed by atoms with Crippen molar-refractivity contribution in [2.24, 2.45) is 5.73 Å². The fourth-order valence-corrected chi connectivity index (χ4v) is 1.74. The Kier molecular flexibility index (Phi) is 6.36. The lowest BCUT2D eigenvalue weighted by Crippen LogP contribution is -2.47. The number of nitrogens with two attached hydrogens (primary N) is 1. The van der Waals surface area contributed by atoms with Crippen molar-refractivity contribution < 1.29 is 19.1 Å². The van der Waals surface area contributed by atoms with Crippen molar-refractivity contribution in [1.29, 1.82) is 0 Å². The largest absolute Gasteiger partial charge is 0.444 e. The number of carbonyl (C=O) groups excluding carboxylic acids is 3. The third-order valence-corrected chi connectivity index (χ3v) is 2.73. The van der Waals surface area contributed by atoms with Crippen LogP contribution in [0.2, 0.25) is 0 Å². The van der Waals surface area contributed by atoms with E-state index in [1.54, 1.807) is 45.0 Å². The number of nitrogens with one attached hydrogen (secondary N) is 2. The Balaban J connectivity index is 2.78. The molecule has 0 saturated heterocycles. The molecular weight excluding hydrogens is 310 g/mol. The fourth-order valence-electron chi connectivity index (χ4n) is 1.74. The summed E-state index contributed by atoms with van der Waals surface area (Å²) in [5.74, 6) is 1.14. The predicted molar refractivity (Wildman–Crippen MR) is 90.0 cm³/mol. The lowest BCUT2D eigenvalue weighted by Gasteiger charge is -2.22. The van der Waals surface area contributed by atoms with Crippen molar-refractivity contribution >= 4 is 23.6 Å². The minimum atomic E-state index is -1.15. The molecule has 0 fully saturated rings. The molecule has 1 aromatic rings. The van der Waals surface area contributed by atoms with Crippen LogP contribution in [0.15, 0.2) is 24.3 Å². The van der Waals surface area contributed by atoms with Crippen molar-refractivity contribution in [2.45, 2.75) is 38.8 Å². The first-order chi connectivity index (χ1) is 11.1. The molecule has 0 aliphatic carbocycles. The highest BCUT2D eigenvalue weighted by molar-refractivity contribution is 5.99. The molecule has 0 aromatic heterocycles. The van der Waals surface area contributed by atoms with E-state index in [9.17, 15) is 14.4 Å². The molecule has 0 aliphatic heterocycles. The number of carbonyl (C=O) groups is 3. The van der Waals surface area contributed by atoms with Crippen LogP contribution in [0.3, 0.4) is 0 Å². The summed E-state index contributed by atoms with van der Waals surface area (Å²) < 4.78 is 5.08. The van der Waals surface area contributed by atoms with Crippen LogP contribution in [-0.2, 0) is 14.3 Å². The first-order valence-corrected chi connectivity index (χ1v) is 7.26. The second-order valence-electron chi connectivity index (χ2n) is 6.08. The molecule has 0 spiro atoms. The van der Waals surface area contributed by atoms with E-state index in [0.29, 0.717) is 11.3 Å². The van der Waals surface area contributed by atoms with Gasteiger partial charge in [0.2, 0.25) is 11.8 Å². The highest BCUT2D eigenvalue weighted by Gasteiger charge is 2.26. The van der Waals surface area contributed by atoms with E-state index >= 15 is 0 Å². The maximum atomic E-state index is 12.3. The van der Waals surface area contributed by atoms with Crippen molar-refractivity contribution in [1.82, 2.24) is 5.32 Å². The van der Waals surface area contributed by atoms with Gasteiger partial charge in [0.25, 0.3) is 0 Å². The minimum absolute atomic E-state index is 0.354. The number of anilines is 1. The zero-order valence-corrected chi connectivity index (χ0v) is 13.9. The Hall–Kier alpha value is -3.01. The summed E-state index contributed by atoms with van der Waals surface area (Å²) in [6.45, 7) is 5.05. The molecule has 1 aromatic carbocycles. The molecule has 3 amide bonds. The minimum Gasteiger partial charge on any atom is -0.444 e. The molecular formula is C17H21N3O4. The summed E-state index contributed by atoms with van der Waals surface area (Å²) >= 11 is 0. The van der Waals surface area contributed by atoms with E-state index in [-0.39, 0.29) is 6.42 Å². The number of hydrogen-bond donors (Lipinski definition) is 3. The van der Waals surface area contributed by atoms with Crippen LogP contribution in [0.5, 0.6) is 0 Å². The van der Waals surface area contributed by atoms with E-state index < -0.39 is 29.6 Å². The maximum absolute atomic E-state index is 12.3. The number of benzene rings is 1. The molecule has 1 rings (SSSR count). The molecule has 1 atom stereocenters. The molecule has 0 heterocycles. The van der Waals surface area contributed by atoms with E-state index in [2.05, 4.69) is 16.6 Å². The SMILES string of the molecule is C#Cc1ccc(NC(=O)[C@H](CC(N)=O)NC(=O)OC(C)(C)C)cc1. The number of hydrogen-bond acceptors (Lipinski definition) is 4. The molecule has 4 N–H and O–H groups in total. The van der Waals surface area contributed by atoms with Gasteiger partial charge in [0, 0.05) is 11.3 Å². The highest BCUT2D eigenvalue weighted by atomic mass is 16.6. The Labute approximate surface area is 140 Å². The highest BCUT2D eigenvalue weighted by Crippen LogP contribution is 2.11. The van der Waals surface area contributed by atoms with E-state index in [1.165, 1.54) is 0 Å². The average molecular weight is 331 g/mol. The summed E-state index contributed by atoms with van der Waals surface area (Å²) in [4.78, 5) is 35.2. The van der Waals surface area contributed by atoms with Crippen LogP contribution >= 0.6 is 0 Å². The average Bonchev–Trinajstić information content (AvgIpc) is 2.44. The number of terminal acetylenes is 1. The molecule has 0 saturated carbocycles. The standard InChI is InChI=1S/C17H21N3O4/c1-5-11-6-8-12(9-7-11)19-15(22)13(10-14(18)21)20-16(23)24-17(2,3)4/h1,6-9,13H,10H2,2-4H3,(H2,18,21)(H,19,22)(H,20,23)/t13-/m0/s1. The van der Waals surface area contributed by atoms with Crippen molar-refractivity contribution in [3.05, 3.63) is 29.8 Å². The summed E-state index contributed by atoms with van der Waals surface area (Å²) in [6, 6.07) is 5.38. The van der Waals surface area contributed by atoms with Gasteiger partial charge >= 0.3 is 6.09 Å². The van der Waals surface area contributed by atoms with Gasteiger partial charge in [-0.2, -0.15) is 0 Å². The third-order valence-electron chi connectivity index (χ3n) is 2.73. The summed E-state index contributed by atoms with van der Waals surface area (Å²) in [5.41, 5.74) is 5.53. The molecule has 7 nitrogen and oxygen atoms in total. The molecule has 128 valence electrons. The quantitative estimate of drug-likeness (QED) is 0.708. The Morgan fingerprint density at radius 1 is 1.25 bits per heavy atom. The van der Waals surface area contributed by atoms with Gasteiger partial charge in [0.05, 0.1) is 6.42 Å². The molecule has 0 bridgehead atoms. The number of primary amides is 1. The van der Waals surface area contributed by atoms with E-state index in [4.69, 9.17) is 16.9 Å². The second-order valence-corrected chi connectivity index (χ2v) is 6.08. The van der Waals surface area contributed by atoms with Crippen LogP contribution < -0.4 is 16.4 Å². The van der Waals surface area contributed by atoms with Crippen LogP contribution in [0, 0.1) is 12.3 Å². The Morgan fingerprint density at radius 2 is 1.83 bits per heavy atom. The molecule has 0 radical (unpaired) electrons. The van der Waals surface area contributed by atoms with Crippen LogP contribution in [0.1, 0.15) is 32.8 Å². The van der Waals surface area contributed by atoms with Crippen LogP contribution in [-0.4, -0.2) is 29.6 Å². The molecule has 24 heavy (non-hydrogen) atoms. The molecule has 0 unspecified atom stereocenters. The predicted octanol–water partition coefficient (Wildman–Crippen LogP) is 1.38. The maximum Gasteiger partial charge on any atom is 0.408 e. The zero-order valence-electron chi connectivity index (χ0n) is 13.9. The number of amides is 3. The van der Waals surface area contributed by atoms with E-state index in [0.717, 1.165) is 0 Å². The van der Waals surface area contributed by atoms with Crippen molar-refractivity contribution in [2.75, 3.05) is 5.32 Å². The summed E-state index contributed by atoms with van der Waals surface area (Å²) in [6.07, 6.45) is 4.09. The van der Waals surface area contributed by atoms with Crippen molar-refractivity contribution in [3.63, 3.8) is 0 Å². The lowest BCUT2D eigenvalue weighted by molar-refractivity contribution is -0.124. The first-order valence-electron chi connectivity index (χ1n) is 7.26. The number of ether oxygens (including phenoxy) is 1. The van der Waals surface area contributed by atoms with Crippen molar-refractivity contribution in [3.8, 4) is 12.3 Å².